The topological polar surface area (TPSA) is 92.5 Å². The first-order valence-electron chi connectivity index (χ1n) is 9.97. The van der Waals surface area contributed by atoms with E-state index in [4.69, 9.17) is 5.73 Å². The fourth-order valence-corrected chi connectivity index (χ4v) is 5.23. The summed E-state index contributed by atoms with van der Waals surface area (Å²) >= 11 is 0. The molecule has 0 saturated heterocycles. The average Bonchev–Trinajstić information content (AvgIpc) is 2.70. The summed E-state index contributed by atoms with van der Waals surface area (Å²) in [4.78, 5) is 14.4. The molecule has 1 aromatic rings. The van der Waals surface area contributed by atoms with Gasteiger partial charge in [-0.25, -0.2) is 13.1 Å². The van der Waals surface area contributed by atoms with Crippen LogP contribution in [0.4, 0.5) is 0 Å². The Hall–Kier alpha value is -1.44. The van der Waals surface area contributed by atoms with Crippen LogP contribution in [0.2, 0.25) is 0 Å². The zero-order valence-corrected chi connectivity index (χ0v) is 17.3. The average molecular weight is 396 g/mol. The van der Waals surface area contributed by atoms with E-state index in [1.54, 1.807) is 30.1 Å². The Morgan fingerprint density at radius 3 is 2.56 bits per heavy atom. The van der Waals surface area contributed by atoms with Gasteiger partial charge >= 0.3 is 0 Å². The minimum atomic E-state index is -3.83. The predicted octanol–water partition coefficient (Wildman–Crippen LogP) is 2.74. The third-order valence-electron chi connectivity index (χ3n) is 5.38. The minimum absolute atomic E-state index is 0.0348. The van der Waals surface area contributed by atoms with Crippen LogP contribution in [0.1, 0.15) is 62.2 Å². The first kappa shape index (κ1) is 21.9. The SMILES string of the molecule is CCCCN(C)C(=O)c1ccccc1S(=O)(=O)NC(CN)C1CCCCC1. The maximum Gasteiger partial charge on any atom is 0.254 e. The molecule has 27 heavy (non-hydrogen) atoms. The number of carbonyl (C=O) groups is 1. The molecule has 0 aromatic heterocycles. The van der Waals surface area contributed by atoms with E-state index in [0.29, 0.717) is 6.54 Å². The number of nitrogens with zero attached hydrogens (tertiary/aromatic N) is 1. The lowest BCUT2D eigenvalue weighted by molar-refractivity contribution is 0.0789. The number of amides is 1. The number of rotatable bonds is 9. The van der Waals surface area contributed by atoms with Gasteiger partial charge in [-0.1, -0.05) is 44.7 Å². The zero-order chi connectivity index (χ0) is 19.9. The molecule has 7 heteroatoms. The number of hydrogen-bond donors (Lipinski definition) is 2. The Labute approximate surface area is 163 Å². The van der Waals surface area contributed by atoms with Crippen molar-refractivity contribution in [3.8, 4) is 0 Å². The van der Waals surface area contributed by atoms with Crippen molar-refractivity contribution in [1.82, 2.24) is 9.62 Å². The molecular formula is C20H33N3O3S. The standard InChI is InChI=1S/C20H33N3O3S/c1-3-4-14-23(2)20(24)17-12-8-9-13-19(17)27(25,26)22-18(15-21)16-10-6-5-7-11-16/h8-9,12-13,16,18,22H,3-7,10-11,14-15,21H2,1-2H3. The van der Waals surface area contributed by atoms with E-state index >= 15 is 0 Å². The Morgan fingerprint density at radius 2 is 1.93 bits per heavy atom. The van der Waals surface area contributed by atoms with Gasteiger partial charge in [-0.05, 0) is 37.3 Å². The van der Waals surface area contributed by atoms with Gasteiger partial charge in [0.2, 0.25) is 10.0 Å². The van der Waals surface area contributed by atoms with E-state index < -0.39 is 10.0 Å². The molecule has 152 valence electrons. The van der Waals surface area contributed by atoms with Crippen LogP contribution in [-0.4, -0.2) is 45.4 Å². The van der Waals surface area contributed by atoms with Crippen LogP contribution in [0.25, 0.3) is 0 Å². The summed E-state index contributed by atoms with van der Waals surface area (Å²) in [5, 5.41) is 0. The molecule has 0 spiro atoms. The van der Waals surface area contributed by atoms with E-state index in [0.717, 1.165) is 38.5 Å². The van der Waals surface area contributed by atoms with Crippen molar-refractivity contribution in [3.05, 3.63) is 29.8 Å². The fourth-order valence-electron chi connectivity index (χ4n) is 3.72. The summed E-state index contributed by atoms with van der Waals surface area (Å²) in [5.41, 5.74) is 6.10. The van der Waals surface area contributed by atoms with Crippen LogP contribution in [0, 0.1) is 5.92 Å². The molecule has 0 bridgehead atoms. The Morgan fingerprint density at radius 1 is 1.26 bits per heavy atom. The number of carbonyl (C=O) groups excluding carboxylic acids is 1. The number of unbranched alkanes of at least 4 members (excludes halogenated alkanes) is 1. The number of sulfonamides is 1. The van der Waals surface area contributed by atoms with Crippen LogP contribution in [0.5, 0.6) is 0 Å². The monoisotopic (exact) mass is 395 g/mol. The fraction of sp³-hybridized carbons (Fsp3) is 0.650. The molecule has 1 amide bonds. The Kier molecular flexibility index (Phi) is 8.26. The van der Waals surface area contributed by atoms with Gasteiger partial charge in [0.1, 0.15) is 0 Å². The normalized spacial score (nSPS) is 16.9. The summed E-state index contributed by atoms with van der Waals surface area (Å²) in [5.74, 6) is -0.0139. The van der Waals surface area contributed by atoms with Gasteiger partial charge in [-0.2, -0.15) is 0 Å². The van der Waals surface area contributed by atoms with E-state index in [2.05, 4.69) is 11.6 Å². The smallest absolute Gasteiger partial charge is 0.254 e. The number of benzene rings is 1. The van der Waals surface area contributed by atoms with Gasteiger partial charge in [0, 0.05) is 26.2 Å². The summed E-state index contributed by atoms with van der Waals surface area (Å²) in [6.07, 6.45) is 7.25. The van der Waals surface area contributed by atoms with Crippen molar-refractivity contribution in [1.29, 1.82) is 0 Å². The molecule has 3 N–H and O–H groups in total. The highest BCUT2D eigenvalue weighted by atomic mass is 32.2. The van der Waals surface area contributed by atoms with E-state index in [1.807, 2.05) is 0 Å². The summed E-state index contributed by atoms with van der Waals surface area (Å²) in [6.45, 7) is 2.92. The number of hydrogen-bond acceptors (Lipinski definition) is 4. The van der Waals surface area contributed by atoms with Crippen LogP contribution in [-0.2, 0) is 10.0 Å². The number of nitrogens with one attached hydrogen (secondary N) is 1. The lowest BCUT2D eigenvalue weighted by Crippen LogP contribution is -2.46. The second-order valence-electron chi connectivity index (χ2n) is 7.44. The van der Waals surface area contributed by atoms with Crippen molar-refractivity contribution in [2.45, 2.75) is 62.8 Å². The molecule has 1 unspecified atom stereocenters. The molecule has 1 fully saturated rings. The van der Waals surface area contributed by atoms with Crippen LogP contribution in [0.3, 0.4) is 0 Å². The molecule has 0 aliphatic heterocycles. The first-order chi connectivity index (χ1) is 12.9. The van der Waals surface area contributed by atoms with Crippen molar-refractivity contribution >= 4 is 15.9 Å². The third kappa shape index (κ3) is 5.77. The van der Waals surface area contributed by atoms with Gasteiger partial charge in [-0.3, -0.25) is 4.79 Å². The second-order valence-corrected chi connectivity index (χ2v) is 9.12. The molecular weight excluding hydrogens is 362 g/mol. The zero-order valence-electron chi connectivity index (χ0n) is 16.5. The van der Waals surface area contributed by atoms with E-state index in [-0.39, 0.29) is 34.9 Å². The lowest BCUT2D eigenvalue weighted by Gasteiger charge is -2.30. The molecule has 1 aromatic carbocycles. The lowest BCUT2D eigenvalue weighted by atomic mass is 9.84. The number of nitrogens with two attached hydrogens (primary N) is 1. The minimum Gasteiger partial charge on any atom is -0.342 e. The van der Waals surface area contributed by atoms with Crippen molar-refractivity contribution < 1.29 is 13.2 Å². The van der Waals surface area contributed by atoms with Crippen molar-refractivity contribution in [2.75, 3.05) is 20.1 Å². The molecule has 6 nitrogen and oxygen atoms in total. The molecule has 0 heterocycles. The molecule has 2 rings (SSSR count). The molecule has 1 saturated carbocycles. The van der Waals surface area contributed by atoms with Crippen LogP contribution >= 0.6 is 0 Å². The predicted molar refractivity (Wildman–Crippen MR) is 108 cm³/mol. The van der Waals surface area contributed by atoms with Gasteiger partial charge in [0.25, 0.3) is 5.91 Å². The first-order valence-corrected chi connectivity index (χ1v) is 11.5. The highest BCUT2D eigenvalue weighted by Gasteiger charge is 2.30. The van der Waals surface area contributed by atoms with Crippen LogP contribution < -0.4 is 10.5 Å². The summed E-state index contributed by atoms with van der Waals surface area (Å²) < 4.78 is 28.9. The molecule has 0 radical (unpaired) electrons. The largest absolute Gasteiger partial charge is 0.342 e. The molecule has 1 aliphatic carbocycles. The van der Waals surface area contributed by atoms with Gasteiger partial charge in [0.15, 0.2) is 0 Å². The van der Waals surface area contributed by atoms with E-state index in [1.165, 1.54) is 12.5 Å². The van der Waals surface area contributed by atoms with Crippen molar-refractivity contribution in [2.24, 2.45) is 11.7 Å². The maximum absolute atomic E-state index is 13.1. The van der Waals surface area contributed by atoms with Crippen LogP contribution in [0.15, 0.2) is 29.2 Å². The highest BCUT2D eigenvalue weighted by molar-refractivity contribution is 7.89. The summed E-state index contributed by atoms with van der Waals surface area (Å²) in [7, 11) is -2.12. The summed E-state index contributed by atoms with van der Waals surface area (Å²) in [6, 6.07) is 6.13. The maximum atomic E-state index is 13.1. The molecule has 1 aliphatic rings. The Bertz CT molecular complexity index is 715. The van der Waals surface area contributed by atoms with Gasteiger partial charge in [-0.15, -0.1) is 0 Å². The van der Waals surface area contributed by atoms with Crippen molar-refractivity contribution in [3.63, 3.8) is 0 Å². The van der Waals surface area contributed by atoms with Gasteiger partial charge in [0.05, 0.1) is 10.5 Å². The molecule has 1 atom stereocenters. The van der Waals surface area contributed by atoms with Gasteiger partial charge < -0.3 is 10.6 Å². The van der Waals surface area contributed by atoms with E-state index in [9.17, 15) is 13.2 Å². The second kappa shape index (κ2) is 10.2. The quantitative estimate of drug-likeness (QED) is 0.672. The highest BCUT2D eigenvalue weighted by Crippen LogP contribution is 2.27. The Balaban J connectivity index is 2.23. The third-order valence-corrected chi connectivity index (χ3v) is 6.93.